The third-order valence-electron chi connectivity index (χ3n) is 3.63. The van der Waals surface area contributed by atoms with Crippen molar-refractivity contribution >= 4 is 11.7 Å². The predicted molar refractivity (Wildman–Crippen MR) is 97.7 cm³/mol. The summed E-state index contributed by atoms with van der Waals surface area (Å²) < 4.78 is 15.7. The van der Waals surface area contributed by atoms with Gasteiger partial charge in [0, 0.05) is 12.2 Å². The number of carbonyl (C=O) groups is 1. The van der Waals surface area contributed by atoms with E-state index in [-0.39, 0.29) is 12.4 Å². The quantitative estimate of drug-likeness (QED) is 0.475. The molecule has 0 radical (unpaired) electrons. The summed E-state index contributed by atoms with van der Waals surface area (Å²) in [4.78, 5) is 11.4. The molecule has 0 aliphatic carbocycles. The highest BCUT2D eigenvalue weighted by molar-refractivity contribution is 5.86. The van der Waals surface area contributed by atoms with Crippen LogP contribution in [0.1, 0.15) is 21.9 Å². The van der Waals surface area contributed by atoms with E-state index in [2.05, 4.69) is 15.6 Å². The molecule has 0 spiro atoms. The molecule has 0 atom stereocenters. The van der Waals surface area contributed by atoms with Crippen LogP contribution in [0, 0.1) is 0 Å². The largest absolute Gasteiger partial charge is 0.486 e. The Balaban J connectivity index is 1.50. The lowest BCUT2D eigenvalue weighted by molar-refractivity contribution is 0.0561. The molecule has 0 aliphatic rings. The molecule has 6 heteroatoms. The zero-order chi connectivity index (χ0) is 18.2. The zero-order valence-corrected chi connectivity index (χ0v) is 14.4. The van der Waals surface area contributed by atoms with Crippen molar-refractivity contribution in [3.8, 4) is 5.75 Å². The van der Waals surface area contributed by atoms with Crippen molar-refractivity contribution in [1.29, 1.82) is 0 Å². The van der Waals surface area contributed by atoms with E-state index in [4.69, 9.17) is 9.15 Å². The van der Waals surface area contributed by atoms with Crippen LogP contribution in [0.2, 0.25) is 0 Å². The van der Waals surface area contributed by atoms with E-state index in [0.29, 0.717) is 12.3 Å². The number of hydrogen-bond donors (Lipinski definition) is 2. The van der Waals surface area contributed by atoms with Gasteiger partial charge in [0.2, 0.25) is 5.76 Å². The van der Waals surface area contributed by atoms with Crippen LogP contribution in [0.25, 0.3) is 0 Å². The van der Waals surface area contributed by atoms with Crippen molar-refractivity contribution in [3.63, 3.8) is 0 Å². The minimum atomic E-state index is -0.504. The standard InChI is InChI=1S/C20H20N2O4/c1-24-20(23)19-11-10-18(26-19)14-25-17-9-5-6-15(12-17)13-21-22-16-7-3-2-4-8-16/h2-12,21-22H,13-14H2,1H3. The Kier molecular flexibility index (Phi) is 5.90. The van der Waals surface area contributed by atoms with Crippen LogP contribution in [-0.2, 0) is 17.9 Å². The molecule has 0 bridgehead atoms. The number of hydrazine groups is 1. The molecule has 134 valence electrons. The second-order valence-corrected chi connectivity index (χ2v) is 5.54. The van der Waals surface area contributed by atoms with Crippen molar-refractivity contribution in [2.75, 3.05) is 12.5 Å². The summed E-state index contributed by atoms with van der Waals surface area (Å²) in [5.41, 5.74) is 8.37. The maximum atomic E-state index is 11.4. The molecule has 6 nitrogen and oxygen atoms in total. The number of methoxy groups -OCH3 is 1. The van der Waals surface area contributed by atoms with Gasteiger partial charge in [-0.15, -0.1) is 0 Å². The second-order valence-electron chi connectivity index (χ2n) is 5.54. The summed E-state index contributed by atoms with van der Waals surface area (Å²) in [6.45, 7) is 0.871. The van der Waals surface area contributed by atoms with E-state index in [9.17, 15) is 4.79 Å². The molecule has 1 aromatic heterocycles. The van der Waals surface area contributed by atoms with E-state index in [1.54, 1.807) is 12.1 Å². The third-order valence-corrected chi connectivity index (χ3v) is 3.63. The average molecular weight is 352 g/mol. The highest BCUT2D eigenvalue weighted by Crippen LogP contribution is 2.17. The molecule has 2 aromatic carbocycles. The van der Waals surface area contributed by atoms with Crippen molar-refractivity contribution in [2.24, 2.45) is 0 Å². The maximum absolute atomic E-state index is 11.4. The van der Waals surface area contributed by atoms with Crippen LogP contribution < -0.4 is 15.6 Å². The van der Waals surface area contributed by atoms with Gasteiger partial charge in [-0.25, -0.2) is 10.2 Å². The molecule has 3 aromatic rings. The van der Waals surface area contributed by atoms with Crippen LogP contribution in [0.5, 0.6) is 5.75 Å². The summed E-state index contributed by atoms with van der Waals surface area (Å²) in [6, 6.07) is 20.9. The van der Waals surface area contributed by atoms with Crippen LogP contribution in [0.4, 0.5) is 5.69 Å². The first kappa shape index (κ1) is 17.6. The van der Waals surface area contributed by atoms with Crippen LogP contribution in [-0.4, -0.2) is 13.1 Å². The highest BCUT2D eigenvalue weighted by Gasteiger charge is 2.11. The van der Waals surface area contributed by atoms with Crippen LogP contribution >= 0.6 is 0 Å². The topological polar surface area (TPSA) is 72.7 Å². The van der Waals surface area contributed by atoms with Gasteiger partial charge in [0.25, 0.3) is 0 Å². The van der Waals surface area contributed by atoms with Gasteiger partial charge in [0.15, 0.2) is 0 Å². The van der Waals surface area contributed by atoms with E-state index in [1.807, 2.05) is 54.6 Å². The van der Waals surface area contributed by atoms with Crippen molar-refractivity contribution in [3.05, 3.63) is 83.8 Å². The number of rotatable bonds is 8. The Labute approximate surface area is 151 Å². The molecule has 26 heavy (non-hydrogen) atoms. The van der Waals surface area contributed by atoms with E-state index in [0.717, 1.165) is 17.0 Å². The molecule has 2 N–H and O–H groups in total. The Morgan fingerprint density at radius 1 is 1.04 bits per heavy atom. The molecule has 0 saturated heterocycles. The van der Waals surface area contributed by atoms with Gasteiger partial charge in [-0.2, -0.15) is 0 Å². The fraction of sp³-hybridized carbons (Fsp3) is 0.150. The fourth-order valence-corrected chi connectivity index (χ4v) is 2.34. The molecule has 1 heterocycles. The molecular weight excluding hydrogens is 332 g/mol. The lowest BCUT2D eigenvalue weighted by Crippen LogP contribution is -2.20. The minimum Gasteiger partial charge on any atom is -0.486 e. The normalized spacial score (nSPS) is 10.3. The Morgan fingerprint density at radius 2 is 1.88 bits per heavy atom. The van der Waals surface area contributed by atoms with Gasteiger partial charge in [0.05, 0.1) is 7.11 Å². The fourth-order valence-electron chi connectivity index (χ4n) is 2.34. The molecule has 0 amide bonds. The first-order chi connectivity index (χ1) is 12.7. The minimum absolute atomic E-state index is 0.163. The summed E-state index contributed by atoms with van der Waals surface area (Å²) in [5, 5.41) is 0. The summed E-state index contributed by atoms with van der Waals surface area (Å²) in [5.74, 6) is 0.936. The van der Waals surface area contributed by atoms with Gasteiger partial charge in [0.1, 0.15) is 18.1 Å². The number of benzene rings is 2. The van der Waals surface area contributed by atoms with Gasteiger partial charge in [-0.1, -0.05) is 30.3 Å². The van der Waals surface area contributed by atoms with Gasteiger partial charge in [-0.3, -0.25) is 0 Å². The summed E-state index contributed by atoms with van der Waals surface area (Å²) in [7, 11) is 1.31. The number of ether oxygens (including phenoxy) is 2. The number of hydrogen-bond acceptors (Lipinski definition) is 6. The number of para-hydroxylation sites is 1. The van der Waals surface area contributed by atoms with Gasteiger partial charge < -0.3 is 19.3 Å². The Morgan fingerprint density at radius 3 is 2.69 bits per heavy atom. The predicted octanol–water partition coefficient (Wildman–Crippen LogP) is 3.76. The van der Waals surface area contributed by atoms with E-state index < -0.39 is 5.97 Å². The molecule has 3 rings (SSSR count). The number of anilines is 1. The first-order valence-electron chi connectivity index (χ1n) is 8.17. The van der Waals surface area contributed by atoms with E-state index in [1.165, 1.54) is 7.11 Å². The highest BCUT2D eigenvalue weighted by atomic mass is 16.5. The number of esters is 1. The van der Waals surface area contributed by atoms with Crippen molar-refractivity contribution in [2.45, 2.75) is 13.2 Å². The van der Waals surface area contributed by atoms with Crippen molar-refractivity contribution in [1.82, 2.24) is 5.43 Å². The molecule has 0 saturated carbocycles. The number of carbonyl (C=O) groups excluding carboxylic acids is 1. The lowest BCUT2D eigenvalue weighted by atomic mass is 10.2. The Hall–Kier alpha value is -3.25. The smallest absolute Gasteiger partial charge is 0.373 e. The zero-order valence-electron chi connectivity index (χ0n) is 14.4. The SMILES string of the molecule is COC(=O)c1ccc(COc2cccc(CNNc3ccccc3)c2)o1. The monoisotopic (exact) mass is 352 g/mol. The summed E-state index contributed by atoms with van der Waals surface area (Å²) >= 11 is 0. The summed E-state index contributed by atoms with van der Waals surface area (Å²) in [6.07, 6.45) is 0. The van der Waals surface area contributed by atoms with Gasteiger partial charge >= 0.3 is 5.97 Å². The molecule has 0 aliphatic heterocycles. The first-order valence-corrected chi connectivity index (χ1v) is 8.17. The van der Waals surface area contributed by atoms with Crippen LogP contribution in [0.3, 0.4) is 0 Å². The van der Waals surface area contributed by atoms with Gasteiger partial charge in [-0.05, 0) is 42.0 Å². The number of nitrogens with one attached hydrogen (secondary N) is 2. The molecule has 0 fully saturated rings. The average Bonchev–Trinajstić information content (AvgIpc) is 3.16. The molecule has 0 unspecified atom stereocenters. The number of furan rings is 1. The Bertz CT molecular complexity index is 846. The van der Waals surface area contributed by atoms with Crippen LogP contribution in [0.15, 0.2) is 71.1 Å². The maximum Gasteiger partial charge on any atom is 0.373 e. The third kappa shape index (κ3) is 4.87. The molecular formula is C20H20N2O4. The van der Waals surface area contributed by atoms with Crippen molar-refractivity contribution < 1.29 is 18.7 Å². The van der Waals surface area contributed by atoms with E-state index >= 15 is 0 Å². The lowest BCUT2D eigenvalue weighted by Gasteiger charge is -2.10. The second kappa shape index (κ2) is 8.73.